The third kappa shape index (κ3) is 3.29. The van der Waals surface area contributed by atoms with Crippen LogP contribution in [0.2, 0.25) is 0 Å². The van der Waals surface area contributed by atoms with Crippen LogP contribution < -0.4 is 10.3 Å². The molecule has 1 aromatic carbocycles. The summed E-state index contributed by atoms with van der Waals surface area (Å²) in [5.74, 6) is 1.02. The summed E-state index contributed by atoms with van der Waals surface area (Å²) >= 11 is 0. The average Bonchev–Trinajstić information content (AvgIpc) is 2.49. The molecule has 0 amide bonds. The molecule has 0 unspecified atom stereocenters. The van der Waals surface area contributed by atoms with Gasteiger partial charge in [0.2, 0.25) is 0 Å². The molecule has 0 spiro atoms. The fraction of sp³-hybridized carbons (Fsp3) is 0.312. The second-order valence-corrected chi connectivity index (χ2v) is 5.16. The Morgan fingerprint density at radius 1 is 1.33 bits per heavy atom. The molecule has 5 nitrogen and oxygen atoms in total. The summed E-state index contributed by atoms with van der Waals surface area (Å²) in [4.78, 5) is 12.1. The van der Waals surface area contributed by atoms with Crippen molar-refractivity contribution in [1.29, 1.82) is 5.26 Å². The van der Waals surface area contributed by atoms with E-state index in [1.807, 2.05) is 44.2 Å². The average molecular weight is 283 g/mol. The van der Waals surface area contributed by atoms with Gasteiger partial charge >= 0.3 is 0 Å². The highest BCUT2D eigenvalue weighted by atomic mass is 16.5. The van der Waals surface area contributed by atoms with E-state index < -0.39 is 0 Å². The number of methoxy groups -OCH3 is 1. The van der Waals surface area contributed by atoms with Crippen molar-refractivity contribution in [3.63, 3.8) is 0 Å². The van der Waals surface area contributed by atoms with E-state index in [-0.39, 0.29) is 17.0 Å². The van der Waals surface area contributed by atoms with E-state index in [1.165, 1.54) is 10.7 Å². The molecule has 0 saturated carbocycles. The third-order valence-corrected chi connectivity index (χ3v) is 3.02. The van der Waals surface area contributed by atoms with E-state index in [2.05, 4.69) is 5.10 Å². The van der Waals surface area contributed by atoms with Crippen LogP contribution in [0.15, 0.2) is 35.1 Å². The molecule has 0 bridgehead atoms. The zero-order chi connectivity index (χ0) is 15.4. The molecule has 0 atom stereocenters. The zero-order valence-corrected chi connectivity index (χ0v) is 12.3. The Balaban J connectivity index is 2.52. The number of hydrogen-bond acceptors (Lipinski definition) is 4. The van der Waals surface area contributed by atoms with Gasteiger partial charge in [0, 0.05) is 12.1 Å². The first kappa shape index (κ1) is 14.8. The summed E-state index contributed by atoms with van der Waals surface area (Å²) in [7, 11) is 1.60. The van der Waals surface area contributed by atoms with E-state index in [0.29, 0.717) is 12.2 Å². The minimum atomic E-state index is -0.344. The molecule has 108 valence electrons. The van der Waals surface area contributed by atoms with Gasteiger partial charge in [-0.15, -0.1) is 0 Å². The molecule has 0 aliphatic heterocycles. The minimum absolute atomic E-state index is 0.108. The molecule has 21 heavy (non-hydrogen) atoms. The van der Waals surface area contributed by atoms with Crippen LogP contribution in [0.4, 0.5) is 0 Å². The number of hydrogen-bond donors (Lipinski definition) is 0. The van der Waals surface area contributed by atoms with Gasteiger partial charge in [-0.05, 0) is 36.2 Å². The summed E-state index contributed by atoms with van der Waals surface area (Å²) in [6, 6.07) is 10.8. The van der Waals surface area contributed by atoms with Crippen molar-refractivity contribution in [3.8, 4) is 23.1 Å². The van der Waals surface area contributed by atoms with Crippen LogP contribution in [0.5, 0.6) is 5.75 Å². The lowest BCUT2D eigenvalue weighted by atomic mass is 10.1. The first-order valence-electron chi connectivity index (χ1n) is 6.72. The highest BCUT2D eigenvalue weighted by Crippen LogP contribution is 2.20. The van der Waals surface area contributed by atoms with Gasteiger partial charge in [-0.2, -0.15) is 10.4 Å². The number of rotatable bonds is 4. The van der Waals surface area contributed by atoms with E-state index >= 15 is 0 Å². The summed E-state index contributed by atoms with van der Waals surface area (Å²) < 4.78 is 6.48. The fourth-order valence-corrected chi connectivity index (χ4v) is 1.99. The zero-order valence-electron chi connectivity index (χ0n) is 12.3. The molecule has 5 heteroatoms. The molecule has 0 saturated heterocycles. The van der Waals surface area contributed by atoms with Gasteiger partial charge in [0.1, 0.15) is 17.4 Å². The third-order valence-electron chi connectivity index (χ3n) is 3.02. The predicted molar refractivity (Wildman–Crippen MR) is 80.0 cm³/mol. The molecular formula is C16H17N3O2. The lowest BCUT2D eigenvalue weighted by Crippen LogP contribution is -2.27. The maximum Gasteiger partial charge on any atom is 0.284 e. The Morgan fingerprint density at radius 3 is 2.52 bits per heavy atom. The highest BCUT2D eigenvalue weighted by Gasteiger charge is 2.11. The lowest BCUT2D eigenvalue weighted by Gasteiger charge is -2.10. The van der Waals surface area contributed by atoms with Crippen molar-refractivity contribution < 1.29 is 4.74 Å². The maximum atomic E-state index is 12.1. The van der Waals surface area contributed by atoms with Crippen molar-refractivity contribution in [2.45, 2.75) is 20.4 Å². The lowest BCUT2D eigenvalue weighted by molar-refractivity contribution is 0.415. The predicted octanol–water partition coefficient (Wildman–Crippen LogP) is 2.45. The summed E-state index contributed by atoms with van der Waals surface area (Å²) in [6.45, 7) is 4.48. The van der Waals surface area contributed by atoms with Crippen LogP contribution >= 0.6 is 0 Å². The molecule has 0 radical (unpaired) electrons. The topological polar surface area (TPSA) is 67.9 Å². The van der Waals surface area contributed by atoms with Crippen molar-refractivity contribution in [2.24, 2.45) is 5.92 Å². The van der Waals surface area contributed by atoms with Crippen LogP contribution in [0.3, 0.4) is 0 Å². The molecule has 2 rings (SSSR count). The number of aromatic nitrogens is 2. The van der Waals surface area contributed by atoms with Crippen LogP contribution in [-0.2, 0) is 6.54 Å². The molecule has 1 heterocycles. The summed E-state index contributed by atoms with van der Waals surface area (Å²) in [5, 5.41) is 13.5. The summed E-state index contributed by atoms with van der Waals surface area (Å²) in [6.07, 6.45) is 0. The van der Waals surface area contributed by atoms with Gasteiger partial charge in [-0.25, -0.2) is 4.68 Å². The normalized spacial score (nSPS) is 10.4. The molecule has 0 aliphatic carbocycles. The van der Waals surface area contributed by atoms with Gasteiger partial charge in [-0.3, -0.25) is 4.79 Å². The SMILES string of the molecule is COc1ccc(-c2cc(C#N)c(=O)n(CC(C)C)n2)cc1. The number of ether oxygens (including phenoxy) is 1. The molecule has 0 aliphatic rings. The number of benzene rings is 1. The summed E-state index contributed by atoms with van der Waals surface area (Å²) in [5.41, 5.74) is 1.21. The first-order chi connectivity index (χ1) is 10.0. The van der Waals surface area contributed by atoms with E-state index in [1.54, 1.807) is 7.11 Å². The van der Waals surface area contributed by atoms with E-state index in [0.717, 1.165) is 11.3 Å². The fourth-order valence-electron chi connectivity index (χ4n) is 1.99. The van der Waals surface area contributed by atoms with E-state index in [4.69, 9.17) is 10.00 Å². The van der Waals surface area contributed by atoms with Crippen molar-refractivity contribution in [1.82, 2.24) is 9.78 Å². The molecule has 1 aromatic heterocycles. The minimum Gasteiger partial charge on any atom is -0.497 e. The Bertz CT molecular complexity index is 725. The standard InChI is InChI=1S/C16H17N3O2/c1-11(2)10-19-16(20)13(9-17)8-15(18-19)12-4-6-14(21-3)7-5-12/h4-8,11H,10H2,1-3H3. The largest absolute Gasteiger partial charge is 0.497 e. The van der Waals surface area contributed by atoms with Crippen molar-refractivity contribution >= 4 is 0 Å². The highest BCUT2D eigenvalue weighted by molar-refractivity contribution is 5.61. The second kappa shape index (κ2) is 6.23. The van der Waals surface area contributed by atoms with Gasteiger partial charge in [0.15, 0.2) is 0 Å². The van der Waals surface area contributed by atoms with Gasteiger partial charge in [0.05, 0.1) is 12.8 Å². The number of nitriles is 1. The van der Waals surface area contributed by atoms with Gasteiger partial charge in [0.25, 0.3) is 5.56 Å². The van der Waals surface area contributed by atoms with Crippen LogP contribution in [-0.4, -0.2) is 16.9 Å². The molecule has 0 N–H and O–H groups in total. The molecule has 0 fully saturated rings. The molecule has 2 aromatic rings. The number of nitrogens with zero attached hydrogens (tertiary/aromatic N) is 3. The monoisotopic (exact) mass is 283 g/mol. The van der Waals surface area contributed by atoms with Crippen LogP contribution in [0.1, 0.15) is 19.4 Å². The van der Waals surface area contributed by atoms with Crippen LogP contribution in [0, 0.1) is 17.2 Å². The Labute approximate surface area is 123 Å². The Morgan fingerprint density at radius 2 is 2.00 bits per heavy atom. The Hall–Kier alpha value is -2.61. The van der Waals surface area contributed by atoms with Gasteiger partial charge in [-0.1, -0.05) is 13.8 Å². The van der Waals surface area contributed by atoms with Crippen molar-refractivity contribution in [3.05, 3.63) is 46.2 Å². The molecular weight excluding hydrogens is 266 g/mol. The maximum absolute atomic E-state index is 12.1. The van der Waals surface area contributed by atoms with Crippen LogP contribution in [0.25, 0.3) is 11.3 Å². The van der Waals surface area contributed by atoms with Gasteiger partial charge < -0.3 is 4.74 Å². The quantitative estimate of drug-likeness (QED) is 0.864. The first-order valence-corrected chi connectivity index (χ1v) is 6.72. The Kier molecular flexibility index (Phi) is 4.39. The van der Waals surface area contributed by atoms with E-state index in [9.17, 15) is 4.79 Å². The smallest absolute Gasteiger partial charge is 0.284 e. The second-order valence-electron chi connectivity index (χ2n) is 5.16. The van der Waals surface area contributed by atoms with Crippen molar-refractivity contribution in [2.75, 3.05) is 7.11 Å².